The zero-order chi connectivity index (χ0) is 26.0. The second-order valence-corrected chi connectivity index (χ2v) is 9.39. The largest absolute Gasteiger partial charge is 0.494 e. The van der Waals surface area contributed by atoms with Gasteiger partial charge in [-0.1, -0.05) is 52.2 Å². The molecule has 0 amide bonds. The van der Waals surface area contributed by atoms with Crippen LogP contribution in [0.25, 0.3) is 0 Å². The van der Waals surface area contributed by atoms with E-state index in [0.717, 1.165) is 54.9 Å². The number of hydrogen-bond acceptors (Lipinski definition) is 5. The molecule has 0 spiro atoms. The van der Waals surface area contributed by atoms with Crippen molar-refractivity contribution in [3.05, 3.63) is 71.4 Å². The average molecular weight is 531 g/mol. The minimum absolute atomic E-state index is 0. The number of allylic oxidation sites excluding steroid dienone is 2. The fourth-order valence-corrected chi connectivity index (χ4v) is 3.95. The van der Waals surface area contributed by atoms with Gasteiger partial charge in [0.05, 0.1) is 13.2 Å². The van der Waals surface area contributed by atoms with E-state index in [9.17, 15) is 9.90 Å². The molecule has 0 heterocycles. The number of ether oxygens (including phenoxy) is 1. The zero-order valence-corrected chi connectivity index (χ0v) is 23.8. The van der Waals surface area contributed by atoms with Crippen LogP contribution in [-0.2, 0) is 6.61 Å². The average Bonchev–Trinajstić information content (AvgIpc) is 2.91. The summed E-state index contributed by atoms with van der Waals surface area (Å²) < 4.78 is 5.95. The standard InChI is InChI=1S/C31H46N2O3.ClH/c1-4-7-11-29(32-28-16-12-26(25-34)13-17-28)24-31(35)27-14-18-30(19-15-27)36-23-10-22-33(20-8-5-2)21-9-6-3;/h12-19,24,32,34H,4-11,20-23,25H2,1-3H3;1H/b29-24+;. The second kappa shape index (κ2) is 19.7. The molecule has 2 N–H and O–H groups in total. The molecule has 0 radical (unpaired) electrons. The highest BCUT2D eigenvalue weighted by atomic mass is 35.5. The molecule has 0 saturated heterocycles. The number of hydrogen-bond donors (Lipinski definition) is 2. The number of aliphatic hydroxyl groups is 1. The van der Waals surface area contributed by atoms with Crippen molar-refractivity contribution in [3.8, 4) is 5.75 Å². The molecule has 206 valence electrons. The second-order valence-electron chi connectivity index (χ2n) is 9.39. The van der Waals surface area contributed by atoms with Gasteiger partial charge in [0.25, 0.3) is 0 Å². The topological polar surface area (TPSA) is 61.8 Å². The molecule has 0 fully saturated rings. The number of benzene rings is 2. The first kappa shape index (κ1) is 32.7. The van der Waals surface area contributed by atoms with Gasteiger partial charge in [-0.3, -0.25) is 4.79 Å². The van der Waals surface area contributed by atoms with E-state index in [1.165, 1.54) is 38.8 Å². The van der Waals surface area contributed by atoms with Gasteiger partial charge in [0.1, 0.15) is 5.75 Å². The minimum Gasteiger partial charge on any atom is -0.494 e. The molecule has 0 atom stereocenters. The predicted octanol–water partition coefficient (Wildman–Crippen LogP) is 7.64. The fraction of sp³-hybridized carbons (Fsp3) is 0.516. The molecule has 2 aromatic rings. The van der Waals surface area contributed by atoms with Gasteiger partial charge < -0.3 is 20.1 Å². The predicted molar refractivity (Wildman–Crippen MR) is 158 cm³/mol. The molecule has 0 aliphatic carbocycles. The lowest BCUT2D eigenvalue weighted by molar-refractivity contribution is 0.104. The number of carbonyl (C=O) groups is 1. The lowest BCUT2D eigenvalue weighted by Crippen LogP contribution is -2.28. The Kier molecular flexibility index (Phi) is 17.4. The minimum atomic E-state index is -0.0189. The van der Waals surface area contributed by atoms with Crippen molar-refractivity contribution in [2.45, 2.75) is 78.7 Å². The van der Waals surface area contributed by atoms with E-state index < -0.39 is 0 Å². The van der Waals surface area contributed by atoms with E-state index in [0.29, 0.717) is 12.2 Å². The van der Waals surface area contributed by atoms with E-state index in [1.807, 2.05) is 48.5 Å². The van der Waals surface area contributed by atoms with Gasteiger partial charge in [-0.05, 0) is 87.2 Å². The smallest absolute Gasteiger partial charge is 0.187 e. The van der Waals surface area contributed by atoms with Gasteiger partial charge in [0, 0.05) is 29.6 Å². The third-order valence-electron chi connectivity index (χ3n) is 6.23. The molecule has 2 aromatic carbocycles. The number of halogens is 1. The van der Waals surface area contributed by atoms with Gasteiger partial charge in [-0.25, -0.2) is 0 Å². The zero-order valence-electron chi connectivity index (χ0n) is 23.0. The quantitative estimate of drug-likeness (QED) is 0.111. The first-order valence-corrected chi connectivity index (χ1v) is 13.8. The Balaban J connectivity index is 0.00000684. The van der Waals surface area contributed by atoms with Crippen LogP contribution in [0.15, 0.2) is 60.3 Å². The summed E-state index contributed by atoms with van der Waals surface area (Å²) in [7, 11) is 0. The van der Waals surface area contributed by atoms with Crippen molar-refractivity contribution in [1.29, 1.82) is 0 Å². The van der Waals surface area contributed by atoms with Crippen molar-refractivity contribution in [2.75, 3.05) is 31.6 Å². The third kappa shape index (κ3) is 13.1. The Morgan fingerprint density at radius 2 is 1.46 bits per heavy atom. The molecule has 0 unspecified atom stereocenters. The number of nitrogens with one attached hydrogen (secondary N) is 1. The summed E-state index contributed by atoms with van der Waals surface area (Å²) in [5.74, 6) is 0.784. The van der Waals surface area contributed by atoms with Crippen LogP contribution in [0.1, 0.15) is 88.1 Å². The van der Waals surface area contributed by atoms with Gasteiger partial charge in [-0.15, -0.1) is 12.4 Å². The summed E-state index contributed by atoms with van der Waals surface area (Å²) >= 11 is 0. The highest BCUT2D eigenvalue weighted by Crippen LogP contribution is 2.18. The Morgan fingerprint density at radius 3 is 2.03 bits per heavy atom. The van der Waals surface area contributed by atoms with Crippen LogP contribution in [0.5, 0.6) is 5.75 Å². The molecule has 0 aliphatic heterocycles. The Bertz CT molecular complexity index is 890. The van der Waals surface area contributed by atoms with Gasteiger partial charge in [-0.2, -0.15) is 0 Å². The molecule has 0 aromatic heterocycles. The maximum Gasteiger partial charge on any atom is 0.187 e. The van der Waals surface area contributed by atoms with Crippen molar-refractivity contribution >= 4 is 23.9 Å². The van der Waals surface area contributed by atoms with Crippen LogP contribution in [0.3, 0.4) is 0 Å². The van der Waals surface area contributed by atoms with E-state index in [1.54, 1.807) is 6.08 Å². The molecular formula is C31H47ClN2O3. The molecule has 0 saturated carbocycles. The van der Waals surface area contributed by atoms with Crippen molar-refractivity contribution in [1.82, 2.24) is 4.90 Å². The molecule has 6 heteroatoms. The van der Waals surface area contributed by atoms with E-state index in [-0.39, 0.29) is 24.8 Å². The molecule has 0 aliphatic rings. The maximum absolute atomic E-state index is 12.9. The Morgan fingerprint density at radius 1 is 0.865 bits per heavy atom. The van der Waals surface area contributed by atoms with E-state index >= 15 is 0 Å². The number of ketones is 1. The monoisotopic (exact) mass is 530 g/mol. The van der Waals surface area contributed by atoms with Crippen LogP contribution in [-0.4, -0.2) is 42.0 Å². The van der Waals surface area contributed by atoms with Gasteiger partial charge in [0.2, 0.25) is 0 Å². The fourth-order valence-electron chi connectivity index (χ4n) is 3.95. The van der Waals surface area contributed by atoms with Gasteiger partial charge >= 0.3 is 0 Å². The lowest BCUT2D eigenvalue weighted by atomic mass is 10.1. The Hall–Kier alpha value is -2.34. The highest BCUT2D eigenvalue weighted by molar-refractivity contribution is 6.05. The highest BCUT2D eigenvalue weighted by Gasteiger charge is 2.08. The van der Waals surface area contributed by atoms with Crippen LogP contribution in [0.2, 0.25) is 0 Å². The third-order valence-corrected chi connectivity index (χ3v) is 6.23. The first-order chi connectivity index (χ1) is 17.6. The summed E-state index contributed by atoms with van der Waals surface area (Å²) in [6.45, 7) is 10.7. The van der Waals surface area contributed by atoms with Crippen molar-refractivity contribution < 1.29 is 14.6 Å². The molecule has 5 nitrogen and oxygen atoms in total. The normalized spacial score (nSPS) is 11.3. The molecule has 0 bridgehead atoms. The van der Waals surface area contributed by atoms with Crippen LogP contribution < -0.4 is 10.1 Å². The van der Waals surface area contributed by atoms with E-state index in [4.69, 9.17) is 4.74 Å². The molecular weight excluding hydrogens is 484 g/mol. The number of carbonyl (C=O) groups excluding carboxylic acids is 1. The SMILES string of the molecule is CCCC/C(=C\C(=O)c1ccc(OCCCN(CCCC)CCCC)cc1)Nc1ccc(CO)cc1.Cl. The Labute approximate surface area is 230 Å². The number of nitrogens with zero attached hydrogens (tertiary/aromatic N) is 1. The summed E-state index contributed by atoms with van der Waals surface area (Å²) in [6, 6.07) is 15.1. The number of rotatable bonds is 19. The van der Waals surface area contributed by atoms with Crippen molar-refractivity contribution in [3.63, 3.8) is 0 Å². The van der Waals surface area contributed by atoms with E-state index in [2.05, 4.69) is 31.0 Å². The lowest BCUT2D eigenvalue weighted by Gasteiger charge is -2.21. The summed E-state index contributed by atoms with van der Waals surface area (Å²) in [5, 5.41) is 12.6. The number of anilines is 1. The van der Waals surface area contributed by atoms with Crippen LogP contribution in [0, 0.1) is 0 Å². The summed E-state index contributed by atoms with van der Waals surface area (Å²) in [5.41, 5.74) is 3.33. The molecule has 2 rings (SSSR count). The summed E-state index contributed by atoms with van der Waals surface area (Å²) in [6.07, 6.45) is 10.5. The molecule has 37 heavy (non-hydrogen) atoms. The first-order valence-electron chi connectivity index (χ1n) is 13.8. The number of aliphatic hydroxyl groups excluding tert-OH is 1. The van der Waals surface area contributed by atoms with Gasteiger partial charge in [0.15, 0.2) is 5.78 Å². The van der Waals surface area contributed by atoms with Crippen LogP contribution in [0.4, 0.5) is 5.69 Å². The van der Waals surface area contributed by atoms with Crippen LogP contribution >= 0.6 is 12.4 Å². The summed E-state index contributed by atoms with van der Waals surface area (Å²) in [4.78, 5) is 15.5. The maximum atomic E-state index is 12.9. The van der Waals surface area contributed by atoms with Crippen molar-refractivity contribution in [2.24, 2.45) is 0 Å². The number of unbranched alkanes of at least 4 members (excludes halogenated alkanes) is 3.